The molecule has 134 heavy (non-hydrogen) atoms. The highest BCUT2D eigenvalue weighted by atomic mass is 127. The number of anilines is 2. The smallest absolute Gasteiger partial charge is 0.488 e. The highest BCUT2D eigenvalue weighted by Gasteiger charge is 2.26. The van der Waals surface area contributed by atoms with Crippen LogP contribution < -0.4 is 52.2 Å². The van der Waals surface area contributed by atoms with Crippen molar-refractivity contribution in [2.45, 2.75) is 98.2 Å². The van der Waals surface area contributed by atoms with Gasteiger partial charge in [0.15, 0.2) is 56.6 Å². The number of aryl methyl sites for hydroxylation is 3. The second-order valence-corrected chi connectivity index (χ2v) is 36.5. The number of rotatable bonds is 26. The highest BCUT2D eigenvalue weighted by molar-refractivity contribution is 14.1. The maximum Gasteiger partial charge on any atom is 0.488 e. The van der Waals surface area contributed by atoms with Crippen LogP contribution >= 0.6 is 38.5 Å². The third kappa shape index (κ3) is 28.3. The Hall–Kier alpha value is -12.5. The zero-order valence-corrected chi connectivity index (χ0v) is 80.3. The van der Waals surface area contributed by atoms with Gasteiger partial charge in [0.1, 0.15) is 15.3 Å². The van der Waals surface area contributed by atoms with Crippen molar-refractivity contribution < 1.29 is 70.6 Å². The third-order valence-electron chi connectivity index (χ3n) is 23.0. The molecule has 3 fully saturated rings. The van der Waals surface area contributed by atoms with E-state index in [9.17, 15) is 37.2 Å². The van der Waals surface area contributed by atoms with Crippen LogP contribution in [0.25, 0.3) is 67.0 Å². The lowest BCUT2D eigenvalue weighted by Gasteiger charge is -2.23. The Morgan fingerprint density at radius 3 is 1.10 bits per heavy atom. The van der Waals surface area contributed by atoms with Gasteiger partial charge in [-0.25, -0.2) is 9.97 Å². The van der Waals surface area contributed by atoms with Crippen LogP contribution in [0.4, 0.5) is 11.6 Å². The van der Waals surface area contributed by atoms with Gasteiger partial charge in [-0.15, -0.1) is 0 Å². The fourth-order valence-electron chi connectivity index (χ4n) is 15.6. The average Bonchev–Trinajstić information content (AvgIpc) is 0.810. The summed E-state index contributed by atoms with van der Waals surface area (Å²) in [5, 5.41) is 17.7. The fraction of sp³-hybridized carbons (Fsp3) is 0.284. The predicted octanol–water partition coefficient (Wildman–Crippen LogP) is 15.4. The van der Waals surface area contributed by atoms with Crippen molar-refractivity contribution in [2.24, 2.45) is 17.8 Å². The van der Waals surface area contributed by atoms with Crippen molar-refractivity contribution in [2.75, 3.05) is 85.8 Å². The lowest BCUT2D eigenvalue weighted by Crippen LogP contribution is -2.29. The normalized spacial score (nSPS) is 13.4. The number of nitrogens with zero attached hydrogens (tertiary/aromatic N) is 8. The Balaban J connectivity index is 0.000000168. The van der Waals surface area contributed by atoms with Crippen LogP contribution in [0.3, 0.4) is 0 Å². The summed E-state index contributed by atoms with van der Waals surface area (Å²) in [6.07, 6.45) is 25.9. The molecule has 32 heteroatoms. The van der Waals surface area contributed by atoms with Crippen LogP contribution in [0.5, 0.6) is 23.0 Å². The first kappa shape index (κ1) is 100. The van der Waals surface area contributed by atoms with Crippen molar-refractivity contribution in [1.82, 2.24) is 38.6 Å². The molecule has 5 aromatic carbocycles. The van der Waals surface area contributed by atoms with Gasteiger partial charge in [0, 0.05) is 185 Å². The number of benzene rings is 5. The zero-order chi connectivity index (χ0) is 95.7. The largest absolute Gasteiger partial charge is 0.493 e. The second-order valence-electron chi connectivity index (χ2n) is 33.0. The number of methoxy groups -OCH3 is 4. The van der Waals surface area contributed by atoms with Gasteiger partial charge in [-0.2, -0.15) is 8.42 Å². The van der Waals surface area contributed by atoms with Crippen molar-refractivity contribution in [1.29, 1.82) is 0 Å². The zero-order valence-electron chi connectivity index (χ0n) is 75.8. The second kappa shape index (κ2) is 47.9. The van der Waals surface area contributed by atoms with E-state index in [0.717, 1.165) is 162 Å². The first-order valence-corrected chi connectivity index (χ1v) is 47.3. The molecular formula is C102H107BBrIN10O18S. The van der Waals surface area contributed by atoms with Gasteiger partial charge in [-0.05, 0) is 215 Å². The monoisotopic (exact) mass is 2010 g/mol. The van der Waals surface area contributed by atoms with Gasteiger partial charge in [-0.3, -0.25) is 48.3 Å². The molecule has 0 amide bonds. The van der Waals surface area contributed by atoms with Crippen LogP contribution in [-0.4, -0.2) is 160 Å². The van der Waals surface area contributed by atoms with E-state index in [1.807, 2.05) is 193 Å². The maximum absolute atomic E-state index is 13.7. The van der Waals surface area contributed by atoms with Crippen molar-refractivity contribution in [3.8, 4) is 90.0 Å². The van der Waals surface area contributed by atoms with E-state index in [2.05, 4.69) is 63.4 Å². The number of aromatic nitrogens is 8. The van der Waals surface area contributed by atoms with Crippen molar-refractivity contribution in [3.63, 3.8) is 0 Å². The first-order valence-electron chi connectivity index (χ1n) is 43.5. The molecule has 11 heterocycles. The number of halogens is 2. The van der Waals surface area contributed by atoms with Gasteiger partial charge in [0.05, 0.1) is 62.8 Å². The molecule has 0 atom stereocenters. The van der Waals surface area contributed by atoms with Crippen LogP contribution in [0.2, 0.25) is 0 Å². The minimum atomic E-state index is -3.67. The molecule has 16 rings (SSSR count). The molecule has 0 spiro atoms. The van der Waals surface area contributed by atoms with E-state index in [1.54, 1.807) is 75.9 Å². The molecular weight excluding hydrogens is 1900 g/mol. The quantitative estimate of drug-likeness (QED) is 0.0110. The van der Waals surface area contributed by atoms with Gasteiger partial charge in [0.2, 0.25) is 0 Å². The number of ketones is 3. The molecule has 0 bridgehead atoms. The molecule has 0 radical (unpaired) electrons. The summed E-state index contributed by atoms with van der Waals surface area (Å²) in [5.74, 6) is 3.67. The van der Waals surface area contributed by atoms with E-state index in [4.69, 9.17) is 59.2 Å². The molecule has 3 aliphatic heterocycles. The molecule has 3 aliphatic rings. The Bertz CT molecular complexity index is 6550. The van der Waals surface area contributed by atoms with Crippen molar-refractivity contribution in [3.05, 3.63) is 315 Å². The van der Waals surface area contributed by atoms with Gasteiger partial charge in [-0.1, -0.05) is 120 Å². The highest BCUT2D eigenvalue weighted by Crippen LogP contribution is 2.36. The van der Waals surface area contributed by atoms with E-state index < -0.39 is 17.2 Å². The topological polar surface area (TPSA) is 393 Å². The molecule has 0 unspecified atom stereocenters. The average molecular weight is 2010 g/mol. The maximum atomic E-state index is 13.7. The van der Waals surface area contributed by atoms with E-state index in [0.29, 0.717) is 109 Å². The number of carbonyl (C=O) groups excluding carboxylic acids is 3. The Labute approximate surface area is 800 Å². The predicted molar refractivity (Wildman–Crippen MR) is 531 cm³/mol. The minimum absolute atomic E-state index is 0.0382. The standard InChI is InChI=1S/C38H38N4O5.C30H29BrN4O3.C25H25IN2O3.C8H11BO4.CH4O3S/c1-24-4-7-27(8-5-24)31-22-42(21-25-12-14-47-15-13-25)23-32(37(31)44)34(43)16-26-6-10-33(40-19-26)30-17-29(20-41-38(30)39)28-9-11-35(45-2)36(18-28)46-3;1-19-2-5-22(6-3-19)25-17-35(16-20-8-10-38-11-9-20)18-26(29(25)37)28(36)12-21-4-7-27(33-14-21)24-13-23(31)15-34-30(24)32;1-17-2-5-20(6-3-17)21-15-28(14-18-8-10-31-11-9-18)16-22(25(21)30)23(29)12-19-4-7-24(26)27-13-19;1-12-7-4-3-6(9(10)11)5-8(7)13-2;1-5(2,3)4/h4-11,17-20,22-23,25H,12-16,21H2,1-3H3,(H2,39,41);2-7,13-15,17-18,20H,8-12,16H2,1H3,(H2,32,34);2-7,13,15-16,18H,8-12,14H2,1H3;3-5,10-11H,1-2H3;1H3,(H,2,3,4). The lowest BCUT2D eigenvalue weighted by molar-refractivity contribution is 0.0611. The molecule has 13 aromatic rings. The summed E-state index contributed by atoms with van der Waals surface area (Å²) in [5.41, 5.74) is 26.5. The fourth-order valence-corrected chi connectivity index (χ4v) is 16.2. The number of nitrogens with two attached hydrogens (primary N) is 2. The Morgan fingerprint density at radius 1 is 0.425 bits per heavy atom. The van der Waals surface area contributed by atoms with E-state index >= 15 is 0 Å². The van der Waals surface area contributed by atoms with E-state index in [-0.39, 0.29) is 69.6 Å². The minimum Gasteiger partial charge on any atom is -0.493 e. The summed E-state index contributed by atoms with van der Waals surface area (Å²) in [6.45, 7) is 12.7. The molecule has 7 N–H and O–H groups in total. The number of hydrogen-bond acceptors (Lipinski definition) is 24. The Morgan fingerprint density at radius 2 is 0.761 bits per heavy atom. The number of nitrogen functional groups attached to an aromatic ring is 2. The SMILES string of the molecule is COc1ccc(-c2cnc(N)c(-c3ccc(CC(=O)c4cn(CC5CCOCC5)cc(-c5ccc(C)cc5)c4=O)cn3)c2)cc1OC.COc1ccc(B(O)O)cc1OC.CS(=O)(=O)O.Cc1ccc(-c2cn(CC3CCOCC3)cc(C(=O)Cc3ccc(-c4cc(Br)cnc4N)nc3)c2=O)cc1.Cc1ccc(-c2cn(CC3CCOCC3)cc(C(=O)Cc3ccc(I)nc3)c2=O)cc1. The number of pyridine rings is 8. The third-order valence-corrected chi connectivity index (χ3v) is 24.0. The number of carbonyl (C=O) groups is 3. The molecule has 3 saturated heterocycles. The molecule has 0 saturated carbocycles. The van der Waals surface area contributed by atoms with Gasteiger partial charge >= 0.3 is 7.12 Å². The number of Topliss-reactive ketones (excluding diaryl/α,β-unsaturated/α-hetero) is 3. The summed E-state index contributed by atoms with van der Waals surface area (Å²) in [6, 6.07) is 48.7. The first-order chi connectivity index (χ1) is 64.4. The van der Waals surface area contributed by atoms with E-state index in [1.165, 1.54) is 20.3 Å². The molecule has 696 valence electrons. The molecule has 28 nitrogen and oxygen atoms in total. The summed E-state index contributed by atoms with van der Waals surface area (Å²) < 4.78 is 70.9. The van der Waals surface area contributed by atoms with Crippen LogP contribution in [-0.2, 0) is 63.2 Å². The molecule has 0 aliphatic carbocycles. The summed E-state index contributed by atoms with van der Waals surface area (Å²) in [4.78, 5) is 103. The number of ether oxygens (including phenoxy) is 7. The van der Waals surface area contributed by atoms with Crippen LogP contribution in [0, 0.1) is 42.2 Å². The van der Waals surface area contributed by atoms with Crippen LogP contribution in [0.1, 0.15) is 103 Å². The van der Waals surface area contributed by atoms with Crippen LogP contribution in [0.15, 0.2) is 245 Å². The van der Waals surface area contributed by atoms with Gasteiger partial charge in [0.25, 0.3) is 10.1 Å². The van der Waals surface area contributed by atoms with Crippen molar-refractivity contribution >= 4 is 90.2 Å². The summed E-state index contributed by atoms with van der Waals surface area (Å²) >= 11 is 5.54. The Kier molecular flexibility index (Phi) is 35.9. The van der Waals surface area contributed by atoms with Gasteiger partial charge < -0.3 is 68.4 Å². The summed E-state index contributed by atoms with van der Waals surface area (Å²) in [7, 11) is 1.04. The number of hydrogen-bond donors (Lipinski definition) is 5. The molecule has 8 aromatic heterocycles. The lowest BCUT2D eigenvalue weighted by atomic mass is 9.80.